The number of fused-ring (bicyclic) bond motifs is 5. The molecule has 7 rings (SSSR count). The van der Waals surface area contributed by atoms with Gasteiger partial charge in [0.15, 0.2) is 17.7 Å². The van der Waals surface area contributed by atoms with Crippen LogP contribution in [-0.2, 0) is 24.1 Å². The third kappa shape index (κ3) is 9.57. The molecule has 284 valence electrons. The lowest BCUT2D eigenvalue weighted by atomic mass is 9.91. The van der Waals surface area contributed by atoms with E-state index < -0.39 is 24.4 Å². The van der Waals surface area contributed by atoms with Gasteiger partial charge in [-0.15, -0.1) is 0 Å². The van der Waals surface area contributed by atoms with E-state index in [2.05, 4.69) is 65.4 Å². The fourth-order valence-electron chi connectivity index (χ4n) is 7.54. The Balaban J connectivity index is 1.11. The molecule has 9 nitrogen and oxygen atoms in total. The molecular weight excluding hydrogens is 689 g/mol. The Hall–Kier alpha value is -5.16. The minimum absolute atomic E-state index is 0.0415. The van der Waals surface area contributed by atoms with Crippen molar-refractivity contribution in [2.75, 3.05) is 13.1 Å². The number of hydrogen-bond acceptors (Lipinski definition) is 9. The number of carbonyl (C=O) groups is 1. The number of aliphatic hydroxyl groups is 2. The van der Waals surface area contributed by atoms with Crippen LogP contribution in [-0.4, -0.2) is 52.0 Å². The zero-order chi connectivity index (χ0) is 38.1. The van der Waals surface area contributed by atoms with Gasteiger partial charge in [0, 0.05) is 50.2 Å². The SMILES string of the molecule is CCCCCC(O)CC(=O)CCc1ccc2c(c1)OC1C(C#CC(O)c3ccc(C(N)NCCc4ccccc4)cc3CC3=CN=C4CN1C=C34)CC#CO2. The Morgan fingerprint density at radius 3 is 2.78 bits per heavy atom. The number of benzene rings is 3. The number of unbranched alkanes of at least 4 members (excludes halogenated alkanes) is 2. The second kappa shape index (κ2) is 18.0. The van der Waals surface area contributed by atoms with Crippen LogP contribution in [0.1, 0.15) is 92.0 Å². The summed E-state index contributed by atoms with van der Waals surface area (Å²) in [6.07, 6.45) is 10.8. The van der Waals surface area contributed by atoms with Crippen LogP contribution >= 0.6 is 0 Å². The van der Waals surface area contributed by atoms with Crippen molar-refractivity contribution in [1.29, 1.82) is 0 Å². The first kappa shape index (κ1) is 38.1. The largest absolute Gasteiger partial charge is 0.465 e. The Bertz CT molecular complexity index is 2090. The van der Waals surface area contributed by atoms with E-state index in [-0.39, 0.29) is 18.4 Å². The molecule has 0 aromatic heterocycles. The van der Waals surface area contributed by atoms with Crippen molar-refractivity contribution in [2.45, 2.75) is 95.7 Å². The van der Waals surface area contributed by atoms with Crippen molar-refractivity contribution < 1.29 is 24.5 Å². The van der Waals surface area contributed by atoms with Crippen LogP contribution in [0.2, 0.25) is 0 Å². The molecule has 0 radical (unpaired) electrons. The first-order valence-corrected chi connectivity index (χ1v) is 19.6. The van der Waals surface area contributed by atoms with Gasteiger partial charge in [0.25, 0.3) is 0 Å². The zero-order valence-electron chi connectivity index (χ0n) is 31.5. The lowest BCUT2D eigenvalue weighted by Gasteiger charge is -2.32. The van der Waals surface area contributed by atoms with Crippen molar-refractivity contribution in [3.8, 4) is 35.4 Å². The van der Waals surface area contributed by atoms with E-state index in [4.69, 9.17) is 20.2 Å². The summed E-state index contributed by atoms with van der Waals surface area (Å²) in [5.41, 5.74) is 14.5. The summed E-state index contributed by atoms with van der Waals surface area (Å²) in [6.45, 7) is 3.38. The van der Waals surface area contributed by atoms with Crippen LogP contribution < -0.4 is 20.5 Å². The van der Waals surface area contributed by atoms with Crippen LogP contribution in [0.15, 0.2) is 95.3 Å². The number of ether oxygens (including phenoxy) is 2. The third-order valence-corrected chi connectivity index (χ3v) is 10.7. The molecule has 3 aromatic carbocycles. The van der Waals surface area contributed by atoms with Crippen LogP contribution in [0.4, 0.5) is 0 Å². The smallest absolute Gasteiger partial charge is 0.187 e. The number of nitrogens with one attached hydrogen (secondary N) is 1. The van der Waals surface area contributed by atoms with Crippen molar-refractivity contribution in [2.24, 2.45) is 16.6 Å². The van der Waals surface area contributed by atoms with E-state index in [1.165, 1.54) is 5.56 Å². The van der Waals surface area contributed by atoms with E-state index in [0.29, 0.717) is 50.1 Å². The van der Waals surface area contributed by atoms with Gasteiger partial charge in [-0.1, -0.05) is 98.5 Å². The van der Waals surface area contributed by atoms with Gasteiger partial charge in [-0.2, -0.15) is 0 Å². The molecule has 5 unspecified atom stereocenters. The Labute approximate surface area is 324 Å². The maximum Gasteiger partial charge on any atom is 0.187 e. The first-order chi connectivity index (χ1) is 26.8. The highest BCUT2D eigenvalue weighted by molar-refractivity contribution is 6.09. The molecule has 0 spiro atoms. The molecule has 5 N–H and O–H groups in total. The summed E-state index contributed by atoms with van der Waals surface area (Å²) < 4.78 is 12.7. The predicted octanol–water partition coefficient (Wildman–Crippen LogP) is 6.20. The predicted molar refractivity (Wildman–Crippen MR) is 214 cm³/mol. The highest BCUT2D eigenvalue weighted by Crippen LogP contribution is 2.37. The standard InChI is InChI=1S/C46H50N4O5/c1-2-3-5-12-37(51)27-38(52)17-13-32-14-20-43-44(24-32)55-46-33(11-8-23-54-43)16-19-42(53)39-18-15-34(45(47)48-22-21-31-9-6-4-7-10-31)25-35(39)26-36-28-49-41-30-50(46)29-40(36)41/h4,6-7,9-10,14-15,18,20,24-25,28-29,33,37,42,45-46,48,51,53H,2-3,5,11-13,17,21-22,26-27,30,47H2,1H3. The van der Waals surface area contributed by atoms with Crippen LogP contribution in [0.3, 0.4) is 0 Å². The van der Waals surface area contributed by atoms with Crippen molar-refractivity contribution in [1.82, 2.24) is 10.2 Å². The monoisotopic (exact) mass is 738 g/mol. The summed E-state index contributed by atoms with van der Waals surface area (Å²) >= 11 is 0. The summed E-state index contributed by atoms with van der Waals surface area (Å²) in [5.74, 6) is 10.2. The Kier molecular flexibility index (Phi) is 12.5. The molecule has 0 saturated heterocycles. The molecule has 0 aliphatic carbocycles. The van der Waals surface area contributed by atoms with Crippen LogP contribution in [0, 0.1) is 29.8 Å². The van der Waals surface area contributed by atoms with Gasteiger partial charge < -0.3 is 30.3 Å². The molecule has 9 heteroatoms. The van der Waals surface area contributed by atoms with Gasteiger partial charge in [0.1, 0.15) is 18.0 Å². The number of carbonyl (C=O) groups excluding carboxylic acids is 1. The van der Waals surface area contributed by atoms with E-state index in [1.807, 2.05) is 54.7 Å². The van der Waals surface area contributed by atoms with Crippen molar-refractivity contribution in [3.63, 3.8) is 0 Å². The second-order valence-corrected chi connectivity index (χ2v) is 14.8. The van der Waals surface area contributed by atoms with Gasteiger partial charge >= 0.3 is 0 Å². The van der Waals surface area contributed by atoms with E-state index in [0.717, 1.165) is 71.3 Å². The average Bonchev–Trinajstić information content (AvgIpc) is 3.79. The number of ketones is 1. The average molecular weight is 739 g/mol. The van der Waals surface area contributed by atoms with Gasteiger partial charge in [-0.25, -0.2) is 0 Å². The molecule has 4 aliphatic rings. The number of nitrogens with zero attached hydrogens (tertiary/aromatic N) is 2. The number of hydrogen-bond donors (Lipinski definition) is 4. The number of aryl methyl sites for hydroxylation is 1. The van der Waals surface area contributed by atoms with Crippen molar-refractivity contribution in [3.05, 3.63) is 118 Å². The summed E-state index contributed by atoms with van der Waals surface area (Å²) in [6, 6.07) is 21.9. The molecule has 4 heterocycles. The number of aliphatic hydroxyl groups excluding tert-OH is 2. The third-order valence-electron chi connectivity index (χ3n) is 10.7. The van der Waals surface area contributed by atoms with Crippen LogP contribution in [0.5, 0.6) is 11.5 Å². The second-order valence-electron chi connectivity index (χ2n) is 14.8. The van der Waals surface area contributed by atoms with E-state index >= 15 is 0 Å². The van der Waals surface area contributed by atoms with E-state index in [1.54, 1.807) is 0 Å². The van der Waals surface area contributed by atoms with Gasteiger partial charge in [0.2, 0.25) is 0 Å². The number of allylic oxidation sites excluding steroid dienone is 1. The fraction of sp³-hybridized carbons (Fsp3) is 0.391. The fourth-order valence-corrected chi connectivity index (χ4v) is 7.54. The molecule has 3 aromatic rings. The lowest BCUT2D eigenvalue weighted by molar-refractivity contribution is -0.121. The number of nitrogens with two attached hydrogens (primary N) is 1. The summed E-state index contributed by atoms with van der Waals surface area (Å²) in [4.78, 5) is 19.7. The van der Waals surface area contributed by atoms with Crippen LogP contribution in [0.25, 0.3) is 0 Å². The number of Topliss-reactive ketones (excluding diaryl/α,β-unsaturated/α-hetero) is 1. The highest BCUT2D eigenvalue weighted by atomic mass is 16.5. The number of aliphatic imine (C=N–C) groups is 1. The normalized spacial score (nSPS) is 20.5. The molecule has 0 amide bonds. The maximum atomic E-state index is 12.7. The molecular formula is C46H50N4O5. The van der Waals surface area contributed by atoms with Gasteiger partial charge in [-0.05, 0) is 64.8 Å². The Morgan fingerprint density at radius 1 is 1.05 bits per heavy atom. The Morgan fingerprint density at radius 2 is 1.93 bits per heavy atom. The van der Waals surface area contributed by atoms with Gasteiger partial charge in [-0.3, -0.25) is 15.1 Å². The zero-order valence-corrected chi connectivity index (χ0v) is 31.5. The molecule has 0 saturated carbocycles. The maximum absolute atomic E-state index is 12.7. The topological polar surface area (TPSA) is 130 Å². The lowest BCUT2D eigenvalue weighted by Crippen LogP contribution is -2.41. The summed E-state index contributed by atoms with van der Waals surface area (Å²) in [7, 11) is 0. The van der Waals surface area contributed by atoms with E-state index in [9.17, 15) is 15.0 Å². The molecule has 55 heavy (non-hydrogen) atoms. The molecule has 5 atom stereocenters. The minimum Gasteiger partial charge on any atom is -0.465 e. The molecule has 2 bridgehead atoms. The van der Waals surface area contributed by atoms with Gasteiger partial charge in [0.05, 0.1) is 30.4 Å². The molecule has 0 fully saturated rings. The number of rotatable bonds is 14. The quantitative estimate of drug-likeness (QED) is 0.0874. The van der Waals surface area contributed by atoms with Crippen molar-refractivity contribution >= 4 is 11.5 Å². The highest BCUT2D eigenvalue weighted by Gasteiger charge is 2.36. The minimum atomic E-state index is -1.05. The first-order valence-electron chi connectivity index (χ1n) is 19.6. The molecule has 4 aliphatic heterocycles. The summed E-state index contributed by atoms with van der Waals surface area (Å²) in [5, 5.41) is 25.4.